The van der Waals surface area contributed by atoms with E-state index in [0.717, 1.165) is 16.0 Å². The van der Waals surface area contributed by atoms with E-state index in [1.807, 2.05) is 29.7 Å². The van der Waals surface area contributed by atoms with E-state index in [-0.39, 0.29) is 12.5 Å². The van der Waals surface area contributed by atoms with Crippen LogP contribution in [-0.4, -0.2) is 31.8 Å². The van der Waals surface area contributed by atoms with Crippen molar-refractivity contribution in [2.45, 2.75) is 20.0 Å². The van der Waals surface area contributed by atoms with Gasteiger partial charge in [-0.1, -0.05) is 17.3 Å². The van der Waals surface area contributed by atoms with Crippen LogP contribution in [0.15, 0.2) is 35.8 Å². The molecule has 1 aromatic carbocycles. The number of carbonyl (C=O) groups excluding carboxylic acids is 1. The van der Waals surface area contributed by atoms with E-state index in [2.05, 4.69) is 21.0 Å². The van der Waals surface area contributed by atoms with Crippen molar-refractivity contribution in [3.05, 3.63) is 35.7 Å². The van der Waals surface area contributed by atoms with Crippen molar-refractivity contribution in [3.8, 4) is 18.1 Å². The summed E-state index contributed by atoms with van der Waals surface area (Å²) in [7, 11) is 0. The number of terminal acetylenes is 1. The van der Waals surface area contributed by atoms with Crippen LogP contribution in [0.1, 0.15) is 6.92 Å². The monoisotopic (exact) mass is 341 g/mol. The van der Waals surface area contributed by atoms with Gasteiger partial charge in [0.2, 0.25) is 0 Å². The molecule has 0 aliphatic rings. The summed E-state index contributed by atoms with van der Waals surface area (Å²) in [5, 5.41) is 3.90. The standard InChI is InChI=1S/C16H15N5O2S/c1-3-7-21-13-6-5-12(23-4-2)8-14(13)24-16(21)19-15(22)9-20-11-17-10-18-20/h1,5-6,8,10-11H,4,7,9H2,2H3. The lowest BCUT2D eigenvalue weighted by atomic mass is 10.3. The van der Waals surface area contributed by atoms with Crippen LogP contribution in [0.4, 0.5) is 0 Å². The Kier molecular flexibility index (Phi) is 4.72. The summed E-state index contributed by atoms with van der Waals surface area (Å²) in [6, 6.07) is 5.74. The van der Waals surface area contributed by atoms with Crippen molar-refractivity contribution in [2.75, 3.05) is 6.61 Å². The average molecular weight is 341 g/mol. The van der Waals surface area contributed by atoms with Crippen molar-refractivity contribution in [3.63, 3.8) is 0 Å². The Morgan fingerprint density at radius 2 is 2.38 bits per heavy atom. The van der Waals surface area contributed by atoms with E-state index in [0.29, 0.717) is 18.0 Å². The largest absolute Gasteiger partial charge is 0.494 e. The number of hydrogen-bond acceptors (Lipinski definition) is 5. The zero-order chi connectivity index (χ0) is 16.9. The topological polar surface area (TPSA) is 74.3 Å². The molecule has 0 aliphatic heterocycles. The van der Waals surface area contributed by atoms with Gasteiger partial charge in [0.15, 0.2) is 4.80 Å². The van der Waals surface area contributed by atoms with Crippen molar-refractivity contribution >= 4 is 27.5 Å². The van der Waals surface area contributed by atoms with Crippen molar-refractivity contribution in [1.29, 1.82) is 0 Å². The first-order valence-electron chi connectivity index (χ1n) is 7.31. The molecule has 2 heterocycles. The van der Waals surface area contributed by atoms with Crippen LogP contribution < -0.4 is 9.54 Å². The third-order valence-corrected chi connectivity index (χ3v) is 4.24. The number of amides is 1. The van der Waals surface area contributed by atoms with Gasteiger partial charge in [0.25, 0.3) is 5.91 Å². The first-order chi connectivity index (χ1) is 11.7. The molecule has 24 heavy (non-hydrogen) atoms. The molecule has 8 heteroatoms. The van der Waals surface area contributed by atoms with Crippen molar-refractivity contribution < 1.29 is 9.53 Å². The summed E-state index contributed by atoms with van der Waals surface area (Å²) in [4.78, 5) is 20.7. The molecule has 3 aromatic rings. The summed E-state index contributed by atoms with van der Waals surface area (Å²) < 4.78 is 9.75. The van der Waals surface area contributed by atoms with E-state index < -0.39 is 0 Å². The highest BCUT2D eigenvalue weighted by Crippen LogP contribution is 2.23. The minimum Gasteiger partial charge on any atom is -0.494 e. The van der Waals surface area contributed by atoms with E-state index >= 15 is 0 Å². The second-order valence-corrected chi connectivity index (χ2v) is 5.85. The highest BCUT2D eigenvalue weighted by Gasteiger charge is 2.09. The fraction of sp³-hybridized carbons (Fsp3) is 0.250. The summed E-state index contributed by atoms with van der Waals surface area (Å²) in [5.74, 6) is 3.06. The molecule has 0 fully saturated rings. The Morgan fingerprint density at radius 3 is 3.08 bits per heavy atom. The normalized spacial score (nSPS) is 11.6. The first-order valence-corrected chi connectivity index (χ1v) is 8.12. The Balaban J connectivity index is 2.02. The molecule has 0 N–H and O–H groups in total. The van der Waals surface area contributed by atoms with Gasteiger partial charge in [0.05, 0.1) is 23.4 Å². The lowest BCUT2D eigenvalue weighted by Crippen LogP contribution is -2.18. The zero-order valence-corrected chi connectivity index (χ0v) is 13.9. The van der Waals surface area contributed by atoms with E-state index in [1.54, 1.807) is 0 Å². The van der Waals surface area contributed by atoms with Crippen LogP contribution >= 0.6 is 11.3 Å². The molecular formula is C16H15N5O2S. The van der Waals surface area contributed by atoms with Crippen LogP contribution in [-0.2, 0) is 17.9 Å². The number of thiazole rings is 1. The minimum atomic E-state index is -0.317. The highest BCUT2D eigenvalue weighted by atomic mass is 32.1. The minimum absolute atomic E-state index is 0.0362. The molecule has 0 radical (unpaired) electrons. The van der Waals surface area contributed by atoms with Gasteiger partial charge in [-0.25, -0.2) is 9.67 Å². The predicted molar refractivity (Wildman–Crippen MR) is 90.4 cm³/mol. The number of benzene rings is 1. The number of rotatable bonds is 5. The molecule has 2 aromatic heterocycles. The zero-order valence-electron chi connectivity index (χ0n) is 13.0. The number of fused-ring (bicyclic) bond motifs is 1. The molecule has 0 saturated carbocycles. The second kappa shape index (κ2) is 7.10. The third kappa shape index (κ3) is 3.36. The third-order valence-electron chi connectivity index (χ3n) is 3.20. The molecule has 0 bridgehead atoms. The fourth-order valence-electron chi connectivity index (χ4n) is 2.23. The van der Waals surface area contributed by atoms with Gasteiger partial charge in [-0.05, 0) is 25.1 Å². The smallest absolute Gasteiger partial charge is 0.270 e. The fourth-order valence-corrected chi connectivity index (χ4v) is 3.31. The summed E-state index contributed by atoms with van der Waals surface area (Å²) in [6.07, 6.45) is 8.31. The van der Waals surface area contributed by atoms with Gasteiger partial charge >= 0.3 is 0 Å². The van der Waals surface area contributed by atoms with Crippen LogP contribution in [0, 0.1) is 12.3 Å². The van der Waals surface area contributed by atoms with Crippen LogP contribution in [0.5, 0.6) is 5.75 Å². The second-order valence-electron chi connectivity index (χ2n) is 4.84. The van der Waals surface area contributed by atoms with Crippen LogP contribution in [0.25, 0.3) is 10.2 Å². The first kappa shape index (κ1) is 16.0. The molecule has 0 unspecified atom stereocenters. The van der Waals surface area contributed by atoms with Crippen molar-refractivity contribution in [1.82, 2.24) is 19.3 Å². The number of ether oxygens (including phenoxy) is 1. The highest BCUT2D eigenvalue weighted by molar-refractivity contribution is 7.16. The number of hydrogen-bond donors (Lipinski definition) is 0. The van der Waals surface area contributed by atoms with E-state index in [9.17, 15) is 4.79 Å². The van der Waals surface area contributed by atoms with Gasteiger partial charge < -0.3 is 9.30 Å². The van der Waals surface area contributed by atoms with Crippen LogP contribution in [0.2, 0.25) is 0 Å². The lowest BCUT2D eigenvalue weighted by molar-refractivity contribution is -0.118. The molecule has 122 valence electrons. The Labute approximate surface area is 142 Å². The number of nitrogens with zero attached hydrogens (tertiary/aromatic N) is 5. The molecule has 0 atom stereocenters. The molecule has 7 nitrogen and oxygen atoms in total. The van der Waals surface area contributed by atoms with Gasteiger partial charge in [-0.2, -0.15) is 10.1 Å². The van der Waals surface area contributed by atoms with Gasteiger partial charge in [0.1, 0.15) is 24.9 Å². The number of aromatic nitrogens is 4. The summed E-state index contributed by atoms with van der Waals surface area (Å²) in [6.45, 7) is 2.90. The van der Waals surface area contributed by atoms with Gasteiger partial charge in [-0.3, -0.25) is 4.79 Å². The maximum atomic E-state index is 12.1. The molecule has 0 saturated heterocycles. The molecule has 0 spiro atoms. The average Bonchev–Trinajstić information content (AvgIpc) is 3.16. The Morgan fingerprint density at radius 1 is 1.50 bits per heavy atom. The molecular weight excluding hydrogens is 326 g/mol. The van der Waals surface area contributed by atoms with E-state index in [4.69, 9.17) is 11.2 Å². The van der Waals surface area contributed by atoms with E-state index in [1.165, 1.54) is 28.7 Å². The Bertz CT molecular complexity index is 963. The summed E-state index contributed by atoms with van der Waals surface area (Å²) >= 11 is 1.40. The van der Waals surface area contributed by atoms with Crippen LogP contribution in [0.3, 0.4) is 0 Å². The summed E-state index contributed by atoms with van der Waals surface area (Å²) in [5.41, 5.74) is 0.925. The van der Waals surface area contributed by atoms with Gasteiger partial charge in [-0.15, -0.1) is 6.42 Å². The molecule has 3 rings (SSSR count). The van der Waals surface area contributed by atoms with Gasteiger partial charge in [0, 0.05) is 0 Å². The Hall–Kier alpha value is -2.92. The number of carbonyl (C=O) groups is 1. The SMILES string of the molecule is C#CCn1c(=NC(=O)Cn2cncn2)sc2cc(OCC)ccc21. The maximum absolute atomic E-state index is 12.1. The lowest BCUT2D eigenvalue weighted by Gasteiger charge is -2.03. The maximum Gasteiger partial charge on any atom is 0.270 e. The quantitative estimate of drug-likeness (QED) is 0.659. The molecule has 0 aliphatic carbocycles. The predicted octanol–water partition coefficient (Wildman–Crippen LogP) is 1.45. The molecule has 1 amide bonds. The van der Waals surface area contributed by atoms with Crippen molar-refractivity contribution in [2.24, 2.45) is 4.99 Å².